The summed E-state index contributed by atoms with van der Waals surface area (Å²) < 4.78 is 2.06. The van der Waals surface area contributed by atoms with Crippen LogP contribution in [0.15, 0.2) is 29.4 Å². The van der Waals surface area contributed by atoms with Crippen LogP contribution < -0.4 is 0 Å². The maximum atomic E-state index is 12.7. The molecule has 1 unspecified atom stereocenters. The summed E-state index contributed by atoms with van der Waals surface area (Å²) in [6.07, 6.45) is 4.91. The van der Waals surface area contributed by atoms with Crippen molar-refractivity contribution < 1.29 is 4.79 Å². The molecule has 1 fully saturated rings. The van der Waals surface area contributed by atoms with Crippen molar-refractivity contribution >= 4 is 28.7 Å². The van der Waals surface area contributed by atoms with E-state index in [2.05, 4.69) is 27.4 Å². The summed E-state index contributed by atoms with van der Waals surface area (Å²) >= 11 is 1.49. The molecule has 1 aliphatic rings. The van der Waals surface area contributed by atoms with E-state index in [1.54, 1.807) is 0 Å². The van der Waals surface area contributed by atoms with Gasteiger partial charge in [-0.05, 0) is 37.8 Å². The molecule has 132 valence electrons. The number of likely N-dealkylation sites (tertiary alicyclic amines) is 1. The molecule has 5 nitrogen and oxygen atoms in total. The van der Waals surface area contributed by atoms with Gasteiger partial charge in [0, 0.05) is 19.1 Å². The number of nitriles is 1. The number of piperidine rings is 1. The maximum absolute atomic E-state index is 12.7. The van der Waals surface area contributed by atoms with Crippen LogP contribution in [0.3, 0.4) is 0 Å². The van der Waals surface area contributed by atoms with E-state index < -0.39 is 0 Å². The van der Waals surface area contributed by atoms with Crippen LogP contribution in [0, 0.1) is 11.3 Å². The lowest BCUT2D eigenvalue weighted by Gasteiger charge is -2.35. The molecule has 1 saturated heterocycles. The Morgan fingerprint density at radius 1 is 1.40 bits per heavy atom. The van der Waals surface area contributed by atoms with Crippen LogP contribution in [0.1, 0.15) is 39.0 Å². The number of hydrogen-bond donors (Lipinski definition) is 0. The zero-order valence-corrected chi connectivity index (χ0v) is 15.5. The van der Waals surface area contributed by atoms with Crippen molar-refractivity contribution in [3.63, 3.8) is 0 Å². The Morgan fingerprint density at radius 3 is 3.04 bits per heavy atom. The van der Waals surface area contributed by atoms with E-state index in [0.29, 0.717) is 24.8 Å². The molecule has 2 heterocycles. The normalized spacial score (nSPS) is 17.6. The Hall–Kier alpha value is -2.00. The lowest BCUT2D eigenvalue weighted by Crippen LogP contribution is -2.44. The second-order valence-electron chi connectivity index (χ2n) is 6.38. The molecule has 1 aromatic heterocycles. The predicted octanol–water partition coefficient (Wildman–Crippen LogP) is 3.83. The number of amides is 1. The van der Waals surface area contributed by atoms with Gasteiger partial charge < -0.3 is 9.47 Å². The van der Waals surface area contributed by atoms with Gasteiger partial charge in [0.15, 0.2) is 5.16 Å². The first-order valence-electron chi connectivity index (χ1n) is 8.99. The topological polar surface area (TPSA) is 61.9 Å². The molecule has 0 N–H and O–H groups in total. The second kappa shape index (κ2) is 8.39. The lowest BCUT2D eigenvalue weighted by molar-refractivity contribution is -0.132. The molecule has 0 aliphatic carbocycles. The van der Waals surface area contributed by atoms with Crippen molar-refractivity contribution in [2.45, 2.75) is 56.8 Å². The summed E-state index contributed by atoms with van der Waals surface area (Å²) in [5.74, 6) is 0.613. The highest BCUT2D eigenvalue weighted by Crippen LogP contribution is 2.26. The van der Waals surface area contributed by atoms with Crippen LogP contribution in [-0.4, -0.2) is 38.7 Å². The van der Waals surface area contributed by atoms with E-state index in [-0.39, 0.29) is 5.91 Å². The first kappa shape index (κ1) is 17.8. The smallest absolute Gasteiger partial charge is 0.233 e. The van der Waals surface area contributed by atoms with Gasteiger partial charge in [-0.25, -0.2) is 4.98 Å². The van der Waals surface area contributed by atoms with Gasteiger partial charge in [-0.3, -0.25) is 4.79 Å². The van der Waals surface area contributed by atoms with E-state index >= 15 is 0 Å². The quantitative estimate of drug-likeness (QED) is 0.738. The number of rotatable bonds is 6. The number of imidazole rings is 1. The molecule has 1 aliphatic heterocycles. The van der Waals surface area contributed by atoms with Crippen molar-refractivity contribution in [1.82, 2.24) is 14.5 Å². The average Bonchev–Trinajstić information content (AvgIpc) is 3.01. The second-order valence-corrected chi connectivity index (χ2v) is 7.32. The monoisotopic (exact) mass is 356 g/mol. The van der Waals surface area contributed by atoms with Gasteiger partial charge >= 0.3 is 0 Å². The number of nitrogens with zero attached hydrogens (tertiary/aromatic N) is 4. The van der Waals surface area contributed by atoms with Gasteiger partial charge in [0.05, 0.1) is 29.3 Å². The number of aryl methyl sites for hydroxylation is 1. The van der Waals surface area contributed by atoms with Crippen molar-refractivity contribution in [3.05, 3.63) is 24.3 Å². The fourth-order valence-corrected chi connectivity index (χ4v) is 4.43. The van der Waals surface area contributed by atoms with Crippen LogP contribution in [0.5, 0.6) is 0 Å². The van der Waals surface area contributed by atoms with Crippen LogP contribution >= 0.6 is 11.8 Å². The number of thioether (sulfide) groups is 1. The Kier molecular flexibility index (Phi) is 5.98. The molecule has 0 bridgehead atoms. The Bertz CT molecular complexity index is 779. The van der Waals surface area contributed by atoms with E-state index in [0.717, 1.165) is 42.0 Å². The minimum absolute atomic E-state index is 0.204. The van der Waals surface area contributed by atoms with E-state index in [1.165, 1.54) is 18.2 Å². The molecule has 1 aromatic carbocycles. The number of para-hydroxylation sites is 2. The highest BCUT2D eigenvalue weighted by Gasteiger charge is 2.25. The van der Waals surface area contributed by atoms with E-state index in [1.807, 2.05) is 24.3 Å². The number of benzene rings is 1. The average molecular weight is 356 g/mol. The lowest BCUT2D eigenvalue weighted by atomic mass is 10.0. The van der Waals surface area contributed by atoms with E-state index in [9.17, 15) is 4.79 Å². The molecule has 2 aromatic rings. The predicted molar refractivity (Wildman–Crippen MR) is 100 cm³/mol. The minimum atomic E-state index is 0.204. The summed E-state index contributed by atoms with van der Waals surface area (Å²) in [5, 5.41) is 9.75. The van der Waals surface area contributed by atoms with E-state index in [4.69, 9.17) is 5.26 Å². The number of fused-ring (bicyclic) bond motifs is 1. The van der Waals surface area contributed by atoms with Gasteiger partial charge in [0.25, 0.3) is 0 Å². The number of hydrogen-bond acceptors (Lipinski definition) is 4. The standard InChI is InChI=1S/C19H24N4OS/c1-2-15-8-5-6-12-22(15)18(24)14-25-19-21-16-9-3-4-10-17(16)23(19)13-7-11-20/h3-4,9-10,15H,2,5-8,12-14H2,1H3. The summed E-state index contributed by atoms with van der Waals surface area (Å²) in [4.78, 5) is 19.4. The molecule has 0 radical (unpaired) electrons. The highest BCUT2D eigenvalue weighted by molar-refractivity contribution is 7.99. The van der Waals surface area contributed by atoms with Gasteiger partial charge in [0.2, 0.25) is 5.91 Å². The molecule has 0 spiro atoms. The third-order valence-corrected chi connectivity index (χ3v) is 5.77. The fourth-order valence-electron chi connectivity index (χ4n) is 3.50. The third kappa shape index (κ3) is 3.98. The molecular weight excluding hydrogens is 332 g/mol. The van der Waals surface area contributed by atoms with Crippen molar-refractivity contribution in [2.75, 3.05) is 12.3 Å². The molecule has 25 heavy (non-hydrogen) atoms. The Labute approximate surface area is 153 Å². The highest BCUT2D eigenvalue weighted by atomic mass is 32.2. The molecule has 0 saturated carbocycles. The fraction of sp³-hybridized carbons (Fsp3) is 0.526. The zero-order valence-electron chi connectivity index (χ0n) is 14.6. The first-order valence-corrected chi connectivity index (χ1v) is 9.97. The molecule has 1 amide bonds. The van der Waals surface area contributed by atoms with Crippen molar-refractivity contribution in [2.24, 2.45) is 0 Å². The number of aromatic nitrogens is 2. The van der Waals surface area contributed by atoms with Crippen LogP contribution in [0.2, 0.25) is 0 Å². The van der Waals surface area contributed by atoms with Crippen LogP contribution in [-0.2, 0) is 11.3 Å². The molecule has 3 rings (SSSR count). The zero-order chi connectivity index (χ0) is 17.6. The van der Waals surface area contributed by atoms with Gasteiger partial charge in [-0.2, -0.15) is 5.26 Å². The molecular formula is C19H24N4OS. The van der Waals surface area contributed by atoms with Gasteiger partial charge in [-0.15, -0.1) is 0 Å². The summed E-state index contributed by atoms with van der Waals surface area (Å²) in [5.41, 5.74) is 1.94. The van der Waals surface area contributed by atoms with Crippen LogP contribution in [0.4, 0.5) is 0 Å². The third-order valence-electron chi connectivity index (χ3n) is 4.81. The first-order chi connectivity index (χ1) is 12.2. The largest absolute Gasteiger partial charge is 0.339 e. The molecule has 6 heteroatoms. The number of carbonyl (C=O) groups is 1. The summed E-state index contributed by atoms with van der Waals surface area (Å²) in [6, 6.07) is 10.5. The minimum Gasteiger partial charge on any atom is -0.339 e. The maximum Gasteiger partial charge on any atom is 0.233 e. The summed E-state index contributed by atoms with van der Waals surface area (Å²) in [6.45, 7) is 3.64. The summed E-state index contributed by atoms with van der Waals surface area (Å²) in [7, 11) is 0. The van der Waals surface area contributed by atoms with Gasteiger partial charge in [0.1, 0.15) is 0 Å². The van der Waals surface area contributed by atoms with Crippen molar-refractivity contribution in [1.29, 1.82) is 5.26 Å². The SMILES string of the molecule is CCC1CCCCN1C(=O)CSc1nc2ccccc2n1CCC#N. The van der Waals surface area contributed by atoms with Crippen LogP contribution in [0.25, 0.3) is 11.0 Å². The number of carbonyl (C=O) groups excluding carboxylic acids is 1. The van der Waals surface area contributed by atoms with Gasteiger partial charge in [-0.1, -0.05) is 30.8 Å². The van der Waals surface area contributed by atoms with Crippen molar-refractivity contribution in [3.8, 4) is 6.07 Å². The Balaban J connectivity index is 1.74. The molecule has 1 atom stereocenters. The Morgan fingerprint density at radius 2 is 2.24 bits per heavy atom.